The number of halogens is 2. The van der Waals surface area contributed by atoms with Gasteiger partial charge in [-0.05, 0) is 23.2 Å². The molecule has 0 unspecified atom stereocenters. The van der Waals surface area contributed by atoms with Crippen LogP contribution >= 0.6 is 22.6 Å². The summed E-state index contributed by atoms with van der Waals surface area (Å²) in [6.07, 6.45) is 5.71. The Balaban J connectivity index is 3.34. The summed E-state index contributed by atoms with van der Waals surface area (Å²) in [5.74, 6) is 0.650. The second-order valence-corrected chi connectivity index (χ2v) is 4.04. The number of rotatable bonds is 7. The lowest BCUT2D eigenvalue weighted by atomic mass is 9.97. The first kappa shape index (κ1) is 11.7. The predicted octanol–water partition coefficient (Wildman–Crippen LogP) is 3.98. The lowest BCUT2D eigenvalue weighted by molar-refractivity contribution is 0.358. The Morgan fingerprint density at radius 2 is 2.00 bits per heavy atom. The topological polar surface area (TPSA) is 0 Å². The fourth-order valence-corrected chi connectivity index (χ4v) is 2.12. The average Bonchev–Trinajstić information content (AvgIpc) is 2.01. The summed E-state index contributed by atoms with van der Waals surface area (Å²) in [4.78, 5) is 0. The zero-order valence-electron chi connectivity index (χ0n) is 7.28. The monoisotopic (exact) mass is 272 g/mol. The predicted molar refractivity (Wildman–Crippen MR) is 57.1 cm³/mol. The summed E-state index contributed by atoms with van der Waals surface area (Å²) < 4.78 is 13.2. The molecular formula is C9H18FI. The van der Waals surface area contributed by atoms with Crippen molar-refractivity contribution in [3.05, 3.63) is 0 Å². The normalized spacial score (nSPS) is 13.4. The third kappa shape index (κ3) is 7.04. The van der Waals surface area contributed by atoms with E-state index in [0.717, 1.165) is 6.42 Å². The van der Waals surface area contributed by atoms with Gasteiger partial charge in [0, 0.05) is 0 Å². The fourth-order valence-electron chi connectivity index (χ4n) is 1.23. The van der Waals surface area contributed by atoms with E-state index < -0.39 is 0 Å². The fraction of sp³-hybridized carbons (Fsp3) is 1.00. The highest BCUT2D eigenvalue weighted by Gasteiger charge is 2.06. The quantitative estimate of drug-likeness (QED) is 0.486. The molecule has 68 valence electrons. The molecule has 0 fully saturated rings. The van der Waals surface area contributed by atoms with Crippen LogP contribution in [-0.2, 0) is 0 Å². The van der Waals surface area contributed by atoms with E-state index in [0.29, 0.717) is 5.92 Å². The van der Waals surface area contributed by atoms with Gasteiger partial charge in [0.25, 0.3) is 0 Å². The molecule has 0 saturated carbocycles. The molecule has 0 aromatic carbocycles. The molecule has 0 spiro atoms. The summed E-state index contributed by atoms with van der Waals surface area (Å²) >= 11 is 2.37. The first-order valence-corrected chi connectivity index (χ1v) is 5.99. The largest absolute Gasteiger partial charge is 0.251 e. The van der Waals surface area contributed by atoms with E-state index in [1.807, 2.05) is 0 Å². The summed E-state index contributed by atoms with van der Waals surface area (Å²) in [6.45, 7) is 2.06. The van der Waals surface area contributed by atoms with Crippen molar-refractivity contribution in [1.29, 1.82) is 0 Å². The van der Waals surface area contributed by atoms with Crippen molar-refractivity contribution in [1.82, 2.24) is 0 Å². The van der Waals surface area contributed by atoms with Crippen LogP contribution in [0.4, 0.5) is 4.39 Å². The van der Waals surface area contributed by atoms with E-state index in [9.17, 15) is 4.39 Å². The number of hydrogen-bond donors (Lipinski definition) is 0. The Bertz CT molecular complexity index is 70.0. The minimum absolute atomic E-state index is 0.134. The van der Waals surface area contributed by atoms with Crippen molar-refractivity contribution in [3.63, 3.8) is 0 Å². The van der Waals surface area contributed by atoms with E-state index in [4.69, 9.17) is 0 Å². The SMILES string of the molecule is CCCC[C@@H](CCF)CCI. The third-order valence-corrected chi connectivity index (χ3v) is 2.62. The molecule has 0 N–H and O–H groups in total. The minimum atomic E-state index is -0.134. The highest BCUT2D eigenvalue weighted by atomic mass is 127. The van der Waals surface area contributed by atoms with E-state index in [2.05, 4.69) is 29.5 Å². The van der Waals surface area contributed by atoms with Crippen molar-refractivity contribution in [2.24, 2.45) is 5.92 Å². The van der Waals surface area contributed by atoms with E-state index in [-0.39, 0.29) is 6.67 Å². The molecule has 0 aliphatic rings. The van der Waals surface area contributed by atoms with E-state index in [1.165, 1.54) is 30.1 Å². The molecular weight excluding hydrogens is 254 g/mol. The van der Waals surface area contributed by atoms with Gasteiger partial charge in [0.2, 0.25) is 0 Å². The maximum Gasteiger partial charge on any atom is 0.0897 e. The average molecular weight is 272 g/mol. The number of alkyl halides is 2. The Labute approximate surface area is 83.1 Å². The Morgan fingerprint density at radius 3 is 2.45 bits per heavy atom. The summed E-state index contributed by atoms with van der Waals surface area (Å²) in [7, 11) is 0. The van der Waals surface area contributed by atoms with Gasteiger partial charge in [-0.3, -0.25) is 4.39 Å². The summed E-state index contributed by atoms with van der Waals surface area (Å²) in [6, 6.07) is 0. The van der Waals surface area contributed by atoms with Crippen LogP contribution in [0.3, 0.4) is 0 Å². The van der Waals surface area contributed by atoms with Gasteiger partial charge in [0.05, 0.1) is 6.67 Å². The molecule has 0 rings (SSSR count). The van der Waals surface area contributed by atoms with Crippen molar-refractivity contribution in [2.45, 2.75) is 39.0 Å². The van der Waals surface area contributed by atoms with Crippen molar-refractivity contribution in [2.75, 3.05) is 11.1 Å². The van der Waals surface area contributed by atoms with Crippen molar-refractivity contribution < 1.29 is 4.39 Å². The number of hydrogen-bond acceptors (Lipinski definition) is 0. The zero-order chi connectivity index (χ0) is 8.53. The van der Waals surface area contributed by atoms with Crippen LogP contribution in [0, 0.1) is 5.92 Å². The number of unbranched alkanes of at least 4 members (excludes halogenated alkanes) is 1. The third-order valence-electron chi connectivity index (χ3n) is 2.00. The lowest BCUT2D eigenvalue weighted by Crippen LogP contribution is -2.02. The maximum atomic E-state index is 12.0. The van der Waals surface area contributed by atoms with Gasteiger partial charge in [-0.25, -0.2) is 0 Å². The Kier molecular flexibility index (Phi) is 9.28. The lowest BCUT2D eigenvalue weighted by Gasteiger charge is -2.12. The minimum Gasteiger partial charge on any atom is -0.251 e. The summed E-state index contributed by atoms with van der Waals surface area (Å²) in [5, 5.41) is 0. The van der Waals surface area contributed by atoms with Crippen LogP contribution < -0.4 is 0 Å². The highest BCUT2D eigenvalue weighted by molar-refractivity contribution is 14.1. The van der Waals surface area contributed by atoms with Gasteiger partial charge in [-0.1, -0.05) is 48.8 Å². The molecule has 0 nitrogen and oxygen atoms in total. The molecule has 0 saturated heterocycles. The molecule has 0 bridgehead atoms. The molecule has 2 heteroatoms. The zero-order valence-corrected chi connectivity index (χ0v) is 9.44. The van der Waals surface area contributed by atoms with Gasteiger partial charge >= 0.3 is 0 Å². The first-order valence-electron chi connectivity index (χ1n) is 4.47. The second-order valence-electron chi connectivity index (χ2n) is 2.96. The first-order chi connectivity index (χ1) is 5.35. The Morgan fingerprint density at radius 1 is 1.27 bits per heavy atom. The molecule has 0 aliphatic carbocycles. The Hall–Kier alpha value is 0.660. The highest BCUT2D eigenvalue weighted by Crippen LogP contribution is 2.17. The standard InChI is InChI=1S/C9H18FI/c1-2-3-4-9(5-7-10)6-8-11/h9H,2-8H2,1H3/t9-/m0/s1. The maximum absolute atomic E-state index is 12.0. The summed E-state index contributed by atoms with van der Waals surface area (Å²) in [5.41, 5.74) is 0. The molecule has 0 heterocycles. The van der Waals surface area contributed by atoms with E-state index in [1.54, 1.807) is 0 Å². The molecule has 0 aromatic rings. The smallest absolute Gasteiger partial charge is 0.0897 e. The van der Waals surface area contributed by atoms with Crippen LogP contribution in [0.25, 0.3) is 0 Å². The molecule has 0 aromatic heterocycles. The molecule has 1 atom stereocenters. The van der Waals surface area contributed by atoms with Crippen LogP contribution in [-0.4, -0.2) is 11.1 Å². The van der Waals surface area contributed by atoms with Crippen LogP contribution in [0.15, 0.2) is 0 Å². The molecule has 11 heavy (non-hydrogen) atoms. The van der Waals surface area contributed by atoms with Crippen LogP contribution in [0.1, 0.15) is 39.0 Å². The van der Waals surface area contributed by atoms with Gasteiger partial charge in [-0.2, -0.15) is 0 Å². The van der Waals surface area contributed by atoms with Gasteiger partial charge in [-0.15, -0.1) is 0 Å². The van der Waals surface area contributed by atoms with Crippen molar-refractivity contribution in [3.8, 4) is 0 Å². The van der Waals surface area contributed by atoms with Gasteiger partial charge in [0.1, 0.15) is 0 Å². The van der Waals surface area contributed by atoms with E-state index >= 15 is 0 Å². The van der Waals surface area contributed by atoms with Crippen molar-refractivity contribution >= 4 is 22.6 Å². The van der Waals surface area contributed by atoms with Gasteiger partial charge < -0.3 is 0 Å². The molecule has 0 radical (unpaired) electrons. The second kappa shape index (κ2) is 8.75. The van der Waals surface area contributed by atoms with Gasteiger partial charge in [0.15, 0.2) is 0 Å². The molecule has 0 amide bonds. The van der Waals surface area contributed by atoms with Crippen LogP contribution in [0.5, 0.6) is 0 Å². The molecule has 0 aliphatic heterocycles. The van der Waals surface area contributed by atoms with Crippen LogP contribution in [0.2, 0.25) is 0 Å².